The number of hydrogen-bond donors (Lipinski definition) is 1. The maximum atomic E-state index is 5.29. The Kier molecular flexibility index (Phi) is 7.46. The van der Waals surface area contributed by atoms with Gasteiger partial charge in [-0.25, -0.2) is 0 Å². The van der Waals surface area contributed by atoms with Gasteiger partial charge >= 0.3 is 0 Å². The van der Waals surface area contributed by atoms with Crippen LogP contribution in [0.25, 0.3) is 0 Å². The fourth-order valence-electron chi connectivity index (χ4n) is 3.60. The fraction of sp³-hybridized carbons (Fsp3) is 0.941. The number of methoxy groups -OCH3 is 1. The zero-order chi connectivity index (χ0) is 15.8. The van der Waals surface area contributed by atoms with Gasteiger partial charge in [-0.2, -0.15) is 0 Å². The summed E-state index contributed by atoms with van der Waals surface area (Å²) in [6, 6.07) is 0.726. The Morgan fingerprint density at radius 3 is 2.86 bits per heavy atom. The minimum atomic E-state index is 0.649. The molecular weight excluding hydrogens is 276 g/mol. The molecule has 0 radical (unpaired) electrons. The van der Waals surface area contributed by atoms with Crippen molar-refractivity contribution in [3.8, 4) is 0 Å². The van der Waals surface area contributed by atoms with Crippen LogP contribution in [0, 0.1) is 5.92 Å². The summed E-state index contributed by atoms with van der Waals surface area (Å²) in [5.41, 5.74) is 0. The molecule has 1 N–H and O–H groups in total. The number of likely N-dealkylation sites (tertiary alicyclic amines) is 2. The molecule has 0 spiro atoms. The van der Waals surface area contributed by atoms with E-state index in [1.807, 2.05) is 0 Å². The van der Waals surface area contributed by atoms with Crippen LogP contribution in [-0.4, -0.2) is 74.8 Å². The third-order valence-corrected chi connectivity index (χ3v) is 4.91. The zero-order valence-corrected chi connectivity index (χ0v) is 14.7. The van der Waals surface area contributed by atoms with Crippen LogP contribution in [0.4, 0.5) is 0 Å². The molecule has 0 aromatic rings. The summed E-state index contributed by atoms with van der Waals surface area (Å²) in [5.74, 6) is 1.74. The van der Waals surface area contributed by atoms with Crippen LogP contribution in [-0.2, 0) is 4.74 Å². The van der Waals surface area contributed by atoms with Crippen LogP contribution in [0.5, 0.6) is 0 Å². The van der Waals surface area contributed by atoms with Gasteiger partial charge in [0, 0.05) is 45.2 Å². The molecule has 2 saturated heterocycles. The lowest BCUT2D eigenvalue weighted by molar-refractivity contribution is 0.157. The Morgan fingerprint density at radius 2 is 2.14 bits per heavy atom. The van der Waals surface area contributed by atoms with Crippen molar-refractivity contribution < 1.29 is 4.74 Å². The Morgan fingerprint density at radius 1 is 1.27 bits per heavy atom. The van der Waals surface area contributed by atoms with E-state index in [0.29, 0.717) is 5.92 Å². The summed E-state index contributed by atoms with van der Waals surface area (Å²) < 4.78 is 5.29. The number of nitrogens with zero attached hydrogens (tertiary/aromatic N) is 3. The van der Waals surface area contributed by atoms with E-state index >= 15 is 0 Å². The number of piperidine rings is 1. The molecule has 2 aliphatic heterocycles. The molecule has 2 heterocycles. The Hall–Kier alpha value is -0.810. The molecule has 0 amide bonds. The zero-order valence-electron chi connectivity index (χ0n) is 14.7. The van der Waals surface area contributed by atoms with Crippen LogP contribution in [0.1, 0.15) is 39.5 Å². The maximum absolute atomic E-state index is 5.29. The molecule has 2 aliphatic rings. The molecule has 2 atom stereocenters. The van der Waals surface area contributed by atoms with Crippen molar-refractivity contribution in [3.05, 3.63) is 0 Å². The Balaban J connectivity index is 1.82. The highest BCUT2D eigenvalue weighted by Crippen LogP contribution is 2.17. The predicted molar refractivity (Wildman–Crippen MR) is 92.4 cm³/mol. The normalized spacial score (nSPS) is 27.4. The summed E-state index contributed by atoms with van der Waals surface area (Å²) in [6.07, 6.45) is 5.28. The summed E-state index contributed by atoms with van der Waals surface area (Å²) in [5, 5.41) is 3.45. The second kappa shape index (κ2) is 9.36. The third-order valence-electron chi connectivity index (χ3n) is 4.91. The van der Waals surface area contributed by atoms with E-state index in [2.05, 4.69) is 29.0 Å². The molecule has 0 bridgehead atoms. The molecule has 0 aliphatic carbocycles. The number of hydrogen-bond acceptors (Lipinski definition) is 3. The first-order chi connectivity index (χ1) is 10.7. The largest absolute Gasteiger partial charge is 0.384 e. The molecular formula is C17H34N4O. The summed E-state index contributed by atoms with van der Waals surface area (Å²) in [7, 11) is 1.79. The highest BCUT2D eigenvalue weighted by Gasteiger charge is 2.24. The van der Waals surface area contributed by atoms with Crippen LogP contribution < -0.4 is 5.32 Å². The molecule has 22 heavy (non-hydrogen) atoms. The van der Waals surface area contributed by atoms with E-state index in [0.717, 1.165) is 51.3 Å². The first kappa shape index (κ1) is 17.5. The first-order valence-corrected chi connectivity index (χ1v) is 9.00. The van der Waals surface area contributed by atoms with Crippen molar-refractivity contribution in [1.82, 2.24) is 15.1 Å². The predicted octanol–water partition coefficient (Wildman–Crippen LogP) is 1.79. The van der Waals surface area contributed by atoms with Crippen molar-refractivity contribution in [3.63, 3.8) is 0 Å². The molecule has 2 fully saturated rings. The van der Waals surface area contributed by atoms with Crippen LogP contribution in [0.15, 0.2) is 4.99 Å². The van der Waals surface area contributed by atoms with Crippen LogP contribution in [0.3, 0.4) is 0 Å². The van der Waals surface area contributed by atoms with Gasteiger partial charge in [0.15, 0.2) is 5.96 Å². The minimum absolute atomic E-state index is 0.649. The third kappa shape index (κ3) is 5.13. The molecule has 0 saturated carbocycles. The van der Waals surface area contributed by atoms with E-state index in [1.54, 1.807) is 7.11 Å². The molecule has 0 aromatic heterocycles. The number of nitrogens with one attached hydrogen (secondary N) is 1. The molecule has 2 unspecified atom stereocenters. The van der Waals surface area contributed by atoms with Crippen LogP contribution in [0.2, 0.25) is 0 Å². The minimum Gasteiger partial charge on any atom is -0.384 e. The second-order valence-electron chi connectivity index (χ2n) is 6.67. The average Bonchev–Trinajstić information content (AvgIpc) is 2.97. The monoisotopic (exact) mass is 310 g/mol. The van der Waals surface area contributed by atoms with Crippen molar-refractivity contribution >= 4 is 5.96 Å². The lowest BCUT2D eigenvalue weighted by atomic mass is 10.0. The maximum Gasteiger partial charge on any atom is 0.193 e. The van der Waals surface area contributed by atoms with Gasteiger partial charge in [-0.3, -0.25) is 9.89 Å². The van der Waals surface area contributed by atoms with Crippen molar-refractivity contribution in [2.24, 2.45) is 10.9 Å². The topological polar surface area (TPSA) is 40.1 Å². The standard InChI is InChI=1S/C17H34N4O/c1-4-18-17(21-11-8-16(13-21)14-22-3)19-9-12-20-10-6-5-7-15(20)2/h15-16H,4-14H2,1-3H3,(H,18,19). The lowest BCUT2D eigenvalue weighted by Gasteiger charge is -2.33. The van der Waals surface area contributed by atoms with Crippen molar-refractivity contribution in [1.29, 1.82) is 0 Å². The molecule has 2 rings (SSSR count). The summed E-state index contributed by atoms with van der Waals surface area (Å²) >= 11 is 0. The van der Waals surface area contributed by atoms with Gasteiger partial charge in [-0.15, -0.1) is 0 Å². The number of rotatable bonds is 6. The van der Waals surface area contributed by atoms with Gasteiger partial charge in [0.2, 0.25) is 0 Å². The highest BCUT2D eigenvalue weighted by atomic mass is 16.5. The summed E-state index contributed by atoms with van der Waals surface area (Å²) in [4.78, 5) is 9.85. The Labute approximate surface area is 136 Å². The highest BCUT2D eigenvalue weighted by molar-refractivity contribution is 5.80. The van der Waals surface area contributed by atoms with Crippen LogP contribution >= 0.6 is 0 Å². The molecule has 5 nitrogen and oxygen atoms in total. The fourth-order valence-corrected chi connectivity index (χ4v) is 3.60. The Bertz CT molecular complexity index is 348. The van der Waals surface area contributed by atoms with E-state index in [1.165, 1.54) is 32.2 Å². The van der Waals surface area contributed by atoms with Gasteiger partial charge in [0.25, 0.3) is 0 Å². The van der Waals surface area contributed by atoms with Crippen molar-refractivity contribution in [2.45, 2.75) is 45.6 Å². The number of guanidine groups is 1. The van der Waals surface area contributed by atoms with Gasteiger partial charge in [-0.1, -0.05) is 6.42 Å². The molecule has 5 heteroatoms. The molecule has 128 valence electrons. The van der Waals surface area contributed by atoms with Gasteiger partial charge < -0.3 is 15.0 Å². The smallest absolute Gasteiger partial charge is 0.193 e. The van der Waals surface area contributed by atoms with Gasteiger partial charge in [0.1, 0.15) is 0 Å². The van der Waals surface area contributed by atoms with E-state index < -0.39 is 0 Å². The summed E-state index contributed by atoms with van der Waals surface area (Å²) in [6.45, 7) is 11.7. The lowest BCUT2D eigenvalue weighted by Crippen LogP contribution is -2.42. The second-order valence-corrected chi connectivity index (χ2v) is 6.67. The van der Waals surface area contributed by atoms with E-state index in [-0.39, 0.29) is 0 Å². The number of aliphatic imine (C=N–C) groups is 1. The first-order valence-electron chi connectivity index (χ1n) is 9.00. The SMILES string of the molecule is CCNC(=NCCN1CCCCC1C)N1CCC(COC)C1. The number of ether oxygens (including phenoxy) is 1. The van der Waals surface area contributed by atoms with E-state index in [9.17, 15) is 0 Å². The van der Waals surface area contributed by atoms with Crippen molar-refractivity contribution in [2.75, 3.05) is 53.0 Å². The molecule has 0 aromatic carbocycles. The quantitative estimate of drug-likeness (QED) is 0.600. The average molecular weight is 310 g/mol. The van der Waals surface area contributed by atoms with E-state index in [4.69, 9.17) is 9.73 Å². The van der Waals surface area contributed by atoms with Gasteiger partial charge in [0.05, 0.1) is 13.2 Å². The van der Waals surface area contributed by atoms with Gasteiger partial charge in [-0.05, 0) is 39.7 Å².